The number of carbonyl (C=O) groups excluding carboxylic acids is 2. The molecule has 0 saturated carbocycles. The second-order valence-electron chi connectivity index (χ2n) is 5.04. The minimum Gasteiger partial charge on any atom is -0.320 e. The molecule has 0 aliphatic rings. The van der Waals surface area contributed by atoms with Crippen molar-refractivity contribution in [3.63, 3.8) is 0 Å². The highest BCUT2D eigenvalue weighted by molar-refractivity contribution is 5.96. The van der Waals surface area contributed by atoms with Gasteiger partial charge in [0.05, 0.1) is 5.92 Å². The summed E-state index contributed by atoms with van der Waals surface area (Å²) < 4.78 is 0. The summed E-state index contributed by atoms with van der Waals surface area (Å²) in [5.41, 5.74) is 1.66. The predicted octanol–water partition coefficient (Wildman–Crippen LogP) is 2.20. The SMILES string of the molecule is C=C(/C=C\C(=C)C(C)C(=O)NC(C)=O)C(C)CCNC. The molecule has 20 heavy (non-hydrogen) atoms. The standard InChI is InChI=1S/C16H26N2O2/c1-11(12(2)9-10-17-6)7-8-13(3)14(4)16(20)18-15(5)19/h7-8,12,14,17H,1,3,9-10H2,2,4-6H3,(H,18,19,20)/b8-7-. The molecule has 2 atom stereocenters. The molecule has 0 aromatic heterocycles. The van der Waals surface area contributed by atoms with Crippen molar-refractivity contribution in [1.29, 1.82) is 0 Å². The summed E-state index contributed by atoms with van der Waals surface area (Å²) in [7, 11) is 1.92. The maximum absolute atomic E-state index is 11.7. The number of imide groups is 1. The summed E-state index contributed by atoms with van der Waals surface area (Å²) in [6.07, 6.45) is 4.69. The highest BCUT2D eigenvalue weighted by atomic mass is 16.2. The summed E-state index contributed by atoms with van der Waals surface area (Å²) in [4.78, 5) is 22.5. The van der Waals surface area contributed by atoms with E-state index in [1.54, 1.807) is 13.0 Å². The predicted molar refractivity (Wildman–Crippen MR) is 83.1 cm³/mol. The quantitative estimate of drug-likeness (QED) is 0.669. The largest absolute Gasteiger partial charge is 0.320 e. The minimum absolute atomic E-state index is 0.332. The lowest BCUT2D eigenvalue weighted by atomic mass is 9.96. The summed E-state index contributed by atoms with van der Waals surface area (Å²) in [6, 6.07) is 0. The average molecular weight is 278 g/mol. The summed E-state index contributed by atoms with van der Waals surface area (Å²) >= 11 is 0. The smallest absolute Gasteiger partial charge is 0.233 e. The third-order valence-electron chi connectivity index (χ3n) is 3.22. The van der Waals surface area contributed by atoms with E-state index in [0.29, 0.717) is 11.5 Å². The van der Waals surface area contributed by atoms with Crippen LogP contribution in [0, 0.1) is 11.8 Å². The lowest BCUT2D eigenvalue weighted by molar-refractivity contribution is -0.130. The molecule has 2 amide bonds. The maximum Gasteiger partial charge on any atom is 0.233 e. The van der Waals surface area contributed by atoms with Crippen LogP contribution in [0.5, 0.6) is 0 Å². The van der Waals surface area contributed by atoms with Gasteiger partial charge in [0.25, 0.3) is 0 Å². The molecular formula is C16H26N2O2. The van der Waals surface area contributed by atoms with Gasteiger partial charge in [0, 0.05) is 6.92 Å². The van der Waals surface area contributed by atoms with E-state index in [9.17, 15) is 9.59 Å². The first-order chi connectivity index (χ1) is 9.29. The van der Waals surface area contributed by atoms with Crippen LogP contribution in [-0.4, -0.2) is 25.4 Å². The topological polar surface area (TPSA) is 58.2 Å². The normalized spacial score (nSPS) is 13.8. The Bertz CT molecular complexity index is 411. The summed E-state index contributed by atoms with van der Waals surface area (Å²) in [5, 5.41) is 5.36. The van der Waals surface area contributed by atoms with Crippen LogP contribution in [0.15, 0.2) is 36.5 Å². The molecule has 4 heteroatoms. The van der Waals surface area contributed by atoms with E-state index >= 15 is 0 Å². The molecule has 0 spiro atoms. The van der Waals surface area contributed by atoms with Crippen LogP contribution in [-0.2, 0) is 9.59 Å². The van der Waals surface area contributed by atoms with E-state index in [0.717, 1.165) is 18.5 Å². The molecule has 0 bridgehead atoms. The van der Waals surface area contributed by atoms with Gasteiger partial charge < -0.3 is 5.32 Å². The molecule has 4 nitrogen and oxygen atoms in total. The molecule has 112 valence electrons. The number of carbonyl (C=O) groups is 2. The van der Waals surface area contributed by atoms with Gasteiger partial charge >= 0.3 is 0 Å². The van der Waals surface area contributed by atoms with Crippen LogP contribution in [0.25, 0.3) is 0 Å². The number of hydrogen-bond acceptors (Lipinski definition) is 3. The fourth-order valence-corrected chi connectivity index (χ4v) is 1.52. The van der Waals surface area contributed by atoms with Crippen LogP contribution in [0.2, 0.25) is 0 Å². The molecule has 0 fully saturated rings. The Morgan fingerprint density at radius 3 is 2.20 bits per heavy atom. The first kappa shape index (κ1) is 18.3. The molecule has 0 aliphatic heterocycles. The minimum atomic E-state index is -0.435. The van der Waals surface area contributed by atoms with Gasteiger partial charge in [-0.15, -0.1) is 0 Å². The number of nitrogens with one attached hydrogen (secondary N) is 2. The lowest BCUT2D eigenvalue weighted by Gasteiger charge is -2.13. The van der Waals surface area contributed by atoms with Crippen LogP contribution in [0.1, 0.15) is 27.2 Å². The Hall–Kier alpha value is -1.68. The van der Waals surface area contributed by atoms with Gasteiger partial charge in [0.2, 0.25) is 11.8 Å². The van der Waals surface area contributed by atoms with Gasteiger partial charge in [-0.3, -0.25) is 14.9 Å². The fraction of sp³-hybridized carbons (Fsp3) is 0.500. The van der Waals surface area contributed by atoms with Crippen LogP contribution in [0.3, 0.4) is 0 Å². The van der Waals surface area contributed by atoms with Crippen molar-refractivity contribution in [3.8, 4) is 0 Å². The lowest BCUT2D eigenvalue weighted by Crippen LogP contribution is -2.33. The van der Waals surface area contributed by atoms with Crippen molar-refractivity contribution in [3.05, 3.63) is 36.5 Å². The Morgan fingerprint density at radius 2 is 1.70 bits per heavy atom. The highest BCUT2D eigenvalue weighted by Crippen LogP contribution is 2.16. The second kappa shape index (κ2) is 9.26. The van der Waals surface area contributed by atoms with Crippen LogP contribution < -0.4 is 10.6 Å². The van der Waals surface area contributed by atoms with Gasteiger partial charge in [-0.05, 0) is 38.4 Å². The van der Waals surface area contributed by atoms with Crippen molar-refractivity contribution in [2.75, 3.05) is 13.6 Å². The number of allylic oxidation sites excluding steroid dienone is 3. The molecule has 0 rings (SSSR count). The van der Waals surface area contributed by atoms with Crippen molar-refractivity contribution in [2.45, 2.75) is 27.2 Å². The molecule has 2 N–H and O–H groups in total. The summed E-state index contributed by atoms with van der Waals surface area (Å²) in [5.74, 6) is -0.756. The zero-order chi connectivity index (χ0) is 15.7. The zero-order valence-electron chi connectivity index (χ0n) is 13.0. The second-order valence-corrected chi connectivity index (χ2v) is 5.04. The first-order valence-corrected chi connectivity index (χ1v) is 6.81. The Labute approximate surface area is 122 Å². The zero-order valence-corrected chi connectivity index (χ0v) is 13.0. The van der Waals surface area contributed by atoms with E-state index in [1.165, 1.54) is 6.92 Å². The van der Waals surface area contributed by atoms with Crippen LogP contribution in [0.4, 0.5) is 0 Å². The Kier molecular flexibility index (Phi) is 8.48. The van der Waals surface area contributed by atoms with Crippen LogP contribution >= 0.6 is 0 Å². The first-order valence-electron chi connectivity index (χ1n) is 6.81. The average Bonchev–Trinajstić information content (AvgIpc) is 2.39. The van der Waals surface area contributed by atoms with Gasteiger partial charge in [-0.25, -0.2) is 0 Å². The van der Waals surface area contributed by atoms with Crippen molar-refractivity contribution in [2.24, 2.45) is 11.8 Å². The third kappa shape index (κ3) is 7.04. The van der Waals surface area contributed by atoms with E-state index in [4.69, 9.17) is 0 Å². The Balaban J connectivity index is 4.44. The molecule has 0 aliphatic carbocycles. The van der Waals surface area contributed by atoms with Gasteiger partial charge in [-0.1, -0.05) is 37.8 Å². The van der Waals surface area contributed by atoms with Crippen molar-refractivity contribution < 1.29 is 9.59 Å². The molecule has 0 aromatic carbocycles. The van der Waals surface area contributed by atoms with Crippen molar-refractivity contribution >= 4 is 11.8 Å². The number of rotatable bonds is 8. The van der Waals surface area contributed by atoms with E-state index in [1.807, 2.05) is 13.1 Å². The monoisotopic (exact) mass is 278 g/mol. The van der Waals surface area contributed by atoms with Gasteiger partial charge in [0.1, 0.15) is 0 Å². The Morgan fingerprint density at radius 1 is 1.15 bits per heavy atom. The summed E-state index contributed by atoms with van der Waals surface area (Å²) in [6.45, 7) is 14.0. The van der Waals surface area contributed by atoms with E-state index < -0.39 is 5.92 Å². The molecule has 0 aromatic rings. The van der Waals surface area contributed by atoms with Crippen molar-refractivity contribution in [1.82, 2.24) is 10.6 Å². The van der Waals surface area contributed by atoms with E-state index in [-0.39, 0.29) is 11.8 Å². The molecule has 0 heterocycles. The van der Waals surface area contributed by atoms with E-state index in [2.05, 4.69) is 30.7 Å². The molecule has 0 radical (unpaired) electrons. The third-order valence-corrected chi connectivity index (χ3v) is 3.22. The van der Waals surface area contributed by atoms with Gasteiger partial charge in [-0.2, -0.15) is 0 Å². The number of amides is 2. The molecule has 2 unspecified atom stereocenters. The molecule has 0 saturated heterocycles. The van der Waals surface area contributed by atoms with Gasteiger partial charge in [0.15, 0.2) is 0 Å². The molecular weight excluding hydrogens is 252 g/mol. The number of hydrogen-bond donors (Lipinski definition) is 2. The fourth-order valence-electron chi connectivity index (χ4n) is 1.52. The maximum atomic E-state index is 11.7. The highest BCUT2D eigenvalue weighted by Gasteiger charge is 2.15.